The lowest BCUT2D eigenvalue weighted by atomic mass is 10.2. The van der Waals surface area contributed by atoms with E-state index < -0.39 is 0 Å². The topological polar surface area (TPSA) is 49.4 Å². The molecule has 0 saturated carbocycles. The van der Waals surface area contributed by atoms with Crippen LogP contribution >= 0.6 is 0 Å². The lowest BCUT2D eigenvalue weighted by Gasteiger charge is -2.08. The number of nitrogens with one attached hydrogen (secondary N) is 1. The molecule has 4 heteroatoms. The molecule has 60 valence electrons. The van der Waals surface area contributed by atoms with Crippen LogP contribution in [0, 0.1) is 0 Å². The van der Waals surface area contributed by atoms with Gasteiger partial charge in [0.2, 0.25) is 5.91 Å². The highest BCUT2D eigenvalue weighted by molar-refractivity contribution is 5.96. The first kappa shape index (κ1) is 7.78. The molecule has 1 aliphatic heterocycles. The Morgan fingerprint density at radius 1 is 1.55 bits per heavy atom. The molecule has 0 aromatic carbocycles. The van der Waals surface area contributed by atoms with Gasteiger partial charge in [-0.3, -0.25) is 10.1 Å². The molecular weight excluding hydrogens is 144 g/mol. The number of imide groups is 1. The zero-order valence-corrected chi connectivity index (χ0v) is 6.55. The molecular formula is C7H10N2O2. The molecule has 1 rings (SSSR count). The van der Waals surface area contributed by atoms with Gasteiger partial charge in [-0.2, -0.15) is 0 Å². The normalized spacial score (nSPS) is 19.1. The summed E-state index contributed by atoms with van der Waals surface area (Å²) in [5.41, 5.74) is 0.885. The molecule has 0 spiro atoms. The predicted molar refractivity (Wildman–Crippen MR) is 39.7 cm³/mol. The molecule has 0 unspecified atom stereocenters. The largest absolute Gasteiger partial charge is 0.327 e. The lowest BCUT2D eigenvalue weighted by molar-refractivity contribution is -0.119. The van der Waals surface area contributed by atoms with E-state index in [1.54, 1.807) is 13.2 Å². The highest BCUT2D eigenvalue weighted by Crippen LogP contribution is 2.05. The number of hydrogen-bond donors (Lipinski definition) is 1. The van der Waals surface area contributed by atoms with Crippen LogP contribution in [0.15, 0.2) is 11.8 Å². The van der Waals surface area contributed by atoms with Crippen molar-refractivity contribution in [3.8, 4) is 0 Å². The molecule has 1 N–H and O–H groups in total. The minimum absolute atomic E-state index is 0.242. The maximum absolute atomic E-state index is 10.9. The number of rotatable bonds is 0. The van der Waals surface area contributed by atoms with Gasteiger partial charge in [-0.1, -0.05) is 0 Å². The molecule has 0 bridgehead atoms. The average molecular weight is 154 g/mol. The Morgan fingerprint density at radius 3 is 2.82 bits per heavy atom. The molecule has 1 aliphatic rings. The fraction of sp³-hybridized carbons (Fsp3) is 0.429. The smallest absolute Gasteiger partial charge is 0.304 e. The fourth-order valence-corrected chi connectivity index (χ4v) is 0.940. The summed E-state index contributed by atoms with van der Waals surface area (Å²) in [4.78, 5) is 23.1. The van der Waals surface area contributed by atoms with E-state index >= 15 is 0 Å². The van der Waals surface area contributed by atoms with Crippen molar-refractivity contribution in [2.75, 3.05) is 7.05 Å². The summed E-state index contributed by atoms with van der Waals surface area (Å²) in [6.45, 7) is 1.81. The highest BCUT2D eigenvalue weighted by Gasteiger charge is 2.15. The lowest BCUT2D eigenvalue weighted by Crippen LogP contribution is -2.35. The highest BCUT2D eigenvalue weighted by atomic mass is 16.2. The molecule has 0 aliphatic carbocycles. The number of amides is 3. The zero-order valence-electron chi connectivity index (χ0n) is 6.55. The van der Waals surface area contributed by atoms with Gasteiger partial charge in [0.05, 0.1) is 0 Å². The first-order valence-corrected chi connectivity index (χ1v) is 3.33. The van der Waals surface area contributed by atoms with Crippen molar-refractivity contribution in [3.05, 3.63) is 11.8 Å². The van der Waals surface area contributed by atoms with Gasteiger partial charge in [-0.25, -0.2) is 4.79 Å². The van der Waals surface area contributed by atoms with Crippen molar-refractivity contribution < 1.29 is 9.59 Å². The van der Waals surface area contributed by atoms with Crippen molar-refractivity contribution >= 4 is 11.9 Å². The molecule has 0 saturated heterocycles. The van der Waals surface area contributed by atoms with Crippen molar-refractivity contribution in [2.45, 2.75) is 13.3 Å². The fourth-order valence-electron chi connectivity index (χ4n) is 0.940. The average Bonchev–Trinajstić information content (AvgIpc) is 1.93. The van der Waals surface area contributed by atoms with Crippen molar-refractivity contribution in [2.24, 2.45) is 0 Å². The van der Waals surface area contributed by atoms with Crippen molar-refractivity contribution in [1.29, 1.82) is 0 Å². The molecule has 0 fully saturated rings. The number of urea groups is 1. The third kappa shape index (κ3) is 1.80. The maximum Gasteiger partial charge on any atom is 0.327 e. The van der Waals surface area contributed by atoms with Crippen LogP contribution in [0.5, 0.6) is 0 Å². The van der Waals surface area contributed by atoms with Crippen LogP contribution in [-0.2, 0) is 4.79 Å². The third-order valence-electron chi connectivity index (χ3n) is 1.42. The summed E-state index contributed by atoms with van der Waals surface area (Å²) in [6.07, 6.45) is 1.95. The second-order valence-corrected chi connectivity index (χ2v) is 2.62. The van der Waals surface area contributed by atoms with Crippen LogP contribution in [0.3, 0.4) is 0 Å². The van der Waals surface area contributed by atoms with Gasteiger partial charge in [0, 0.05) is 19.7 Å². The van der Waals surface area contributed by atoms with Gasteiger partial charge in [-0.05, 0) is 12.5 Å². The van der Waals surface area contributed by atoms with E-state index in [-0.39, 0.29) is 11.9 Å². The molecule has 4 nitrogen and oxygen atoms in total. The van der Waals surface area contributed by atoms with E-state index in [2.05, 4.69) is 5.32 Å². The summed E-state index contributed by atoms with van der Waals surface area (Å²) in [5, 5.41) is 2.22. The first-order chi connectivity index (χ1) is 5.09. The molecule has 0 aromatic heterocycles. The summed E-state index contributed by atoms with van der Waals surface area (Å²) in [7, 11) is 1.61. The first-order valence-electron chi connectivity index (χ1n) is 3.33. The van der Waals surface area contributed by atoms with E-state index in [1.165, 1.54) is 4.90 Å². The Labute approximate surface area is 64.9 Å². The van der Waals surface area contributed by atoms with Crippen LogP contribution < -0.4 is 5.32 Å². The molecule has 0 aromatic rings. The third-order valence-corrected chi connectivity index (χ3v) is 1.42. The zero-order chi connectivity index (χ0) is 8.43. The van der Waals surface area contributed by atoms with Gasteiger partial charge in [-0.15, -0.1) is 0 Å². The molecule has 11 heavy (non-hydrogen) atoms. The van der Waals surface area contributed by atoms with E-state index in [0.29, 0.717) is 6.42 Å². The predicted octanol–water partition coefficient (Wildman–Crippen LogP) is 0.462. The summed E-state index contributed by atoms with van der Waals surface area (Å²) in [6, 6.07) is -0.369. The van der Waals surface area contributed by atoms with Gasteiger partial charge in [0.1, 0.15) is 0 Å². The second-order valence-electron chi connectivity index (χ2n) is 2.62. The Bertz CT molecular complexity index is 233. The molecule has 0 atom stereocenters. The van der Waals surface area contributed by atoms with E-state index in [1.807, 2.05) is 6.92 Å². The number of carbonyl (C=O) groups excluding carboxylic acids is 2. The van der Waals surface area contributed by atoms with E-state index in [9.17, 15) is 9.59 Å². The number of nitrogens with zero attached hydrogens (tertiary/aromatic N) is 1. The molecule has 3 amide bonds. The molecule has 0 radical (unpaired) electrons. The Morgan fingerprint density at radius 2 is 2.18 bits per heavy atom. The molecule has 1 heterocycles. The van der Waals surface area contributed by atoms with Crippen LogP contribution in [0.1, 0.15) is 13.3 Å². The van der Waals surface area contributed by atoms with Crippen molar-refractivity contribution in [1.82, 2.24) is 10.2 Å². The monoisotopic (exact) mass is 154 g/mol. The Balaban J connectivity index is 2.83. The standard InChI is InChI=1S/C7H10N2O2/c1-5-3-6(10)8-7(11)9(2)4-5/h4H,3H2,1-2H3,(H,8,10,11). The van der Waals surface area contributed by atoms with Gasteiger partial charge in [0.15, 0.2) is 0 Å². The summed E-state index contributed by atoms with van der Waals surface area (Å²) in [5.74, 6) is -0.242. The summed E-state index contributed by atoms with van der Waals surface area (Å²) < 4.78 is 0. The van der Waals surface area contributed by atoms with Crippen molar-refractivity contribution in [3.63, 3.8) is 0 Å². The van der Waals surface area contributed by atoms with Crippen LogP contribution in [-0.4, -0.2) is 23.9 Å². The quantitative estimate of drug-likeness (QED) is 0.551. The van der Waals surface area contributed by atoms with Crippen LogP contribution in [0.2, 0.25) is 0 Å². The minimum atomic E-state index is -0.369. The van der Waals surface area contributed by atoms with Gasteiger partial charge < -0.3 is 4.90 Å². The number of hydrogen-bond acceptors (Lipinski definition) is 2. The van der Waals surface area contributed by atoms with E-state index in [0.717, 1.165) is 5.57 Å². The van der Waals surface area contributed by atoms with Gasteiger partial charge in [0.25, 0.3) is 0 Å². The maximum atomic E-state index is 10.9. The SMILES string of the molecule is CC1=CN(C)C(=O)NC(=O)C1. The summed E-state index contributed by atoms with van der Waals surface area (Å²) >= 11 is 0. The number of carbonyl (C=O) groups is 2. The Kier molecular flexibility index (Phi) is 1.94. The Hall–Kier alpha value is -1.32. The van der Waals surface area contributed by atoms with Gasteiger partial charge >= 0.3 is 6.03 Å². The van der Waals surface area contributed by atoms with Crippen LogP contribution in [0.25, 0.3) is 0 Å². The minimum Gasteiger partial charge on any atom is -0.304 e. The second kappa shape index (κ2) is 2.74. The van der Waals surface area contributed by atoms with E-state index in [4.69, 9.17) is 0 Å². The van der Waals surface area contributed by atoms with Crippen LogP contribution in [0.4, 0.5) is 4.79 Å².